The van der Waals surface area contributed by atoms with Crippen molar-refractivity contribution in [2.45, 2.75) is 32.2 Å². The van der Waals surface area contributed by atoms with E-state index in [1.165, 1.54) is 0 Å². The van der Waals surface area contributed by atoms with Crippen LogP contribution < -0.4 is 20.1 Å². The molecule has 1 fully saturated rings. The van der Waals surface area contributed by atoms with Gasteiger partial charge in [0.2, 0.25) is 6.35 Å². The Hall–Kier alpha value is -3.89. The minimum Gasteiger partial charge on any atom is -0.467 e. The predicted octanol–water partition coefficient (Wildman–Crippen LogP) is 2.24. The molecule has 34 heavy (non-hydrogen) atoms. The first kappa shape index (κ1) is 23.3. The van der Waals surface area contributed by atoms with Gasteiger partial charge in [0.05, 0.1) is 12.8 Å². The van der Waals surface area contributed by atoms with Gasteiger partial charge >= 0.3 is 0 Å². The van der Waals surface area contributed by atoms with E-state index in [2.05, 4.69) is 20.8 Å². The molecule has 2 aromatic carbocycles. The van der Waals surface area contributed by atoms with Crippen LogP contribution in [-0.4, -0.2) is 52.3 Å². The fourth-order valence-corrected chi connectivity index (χ4v) is 3.69. The van der Waals surface area contributed by atoms with Crippen LogP contribution in [0.2, 0.25) is 0 Å². The van der Waals surface area contributed by atoms with Gasteiger partial charge in [-0.1, -0.05) is 6.07 Å². The van der Waals surface area contributed by atoms with Crippen LogP contribution in [0.5, 0.6) is 17.2 Å². The van der Waals surface area contributed by atoms with Crippen molar-refractivity contribution in [2.24, 2.45) is 0 Å². The number of nitrogens with zero attached hydrogens (tertiary/aromatic N) is 1. The van der Waals surface area contributed by atoms with Gasteiger partial charge in [0.15, 0.2) is 0 Å². The lowest BCUT2D eigenvalue weighted by molar-refractivity contribution is -0.163. The predicted molar refractivity (Wildman–Crippen MR) is 122 cm³/mol. The summed E-state index contributed by atoms with van der Waals surface area (Å²) >= 11 is 0. The largest absolute Gasteiger partial charge is 0.467 e. The lowest BCUT2D eigenvalue weighted by atomic mass is 9.95. The van der Waals surface area contributed by atoms with Crippen LogP contribution in [0.25, 0.3) is 11.1 Å². The third-order valence-electron chi connectivity index (χ3n) is 5.43. The highest BCUT2D eigenvalue weighted by atomic mass is 16.5. The molecule has 0 atom stereocenters. The van der Waals surface area contributed by atoms with E-state index in [1.54, 1.807) is 30.5 Å². The average molecular weight is 466 g/mol. The molecule has 1 aliphatic heterocycles. The van der Waals surface area contributed by atoms with Crippen LogP contribution in [0, 0.1) is 6.92 Å². The first-order valence-corrected chi connectivity index (χ1v) is 10.9. The van der Waals surface area contributed by atoms with Gasteiger partial charge in [-0.2, -0.15) is 5.10 Å². The Kier molecular flexibility index (Phi) is 6.80. The summed E-state index contributed by atoms with van der Waals surface area (Å²) in [6, 6.07) is 12.3. The van der Waals surface area contributed by atoms with Gasteiger partial charge in [0, 0.05) is 24.8 Å². The summed E-state index contributed by atoms with van der Waals surface area (Å²) in [6.45, 7) is 4.36. The van der Waals surface area contributed by atoms with Gasteiger partial charge in [-0.05, 0) is 61.4 Å². The fraction of sp³-hybridized carbons (Fsp3) is 0.292. The molecule has 0 saturated carbocycles. The number of benzene rings is 2. The van der Waals surface area contributed by atoms with Crippen LogP contribution in [0.3, 0.4) is 0 Å². The van der Waals surface area contributed by atoms with Crippen molar-refractivity contribution >= 4 is 11.8 Å². The van der Waals surface area contributed by atoms with Gasteiger partial charge in [0.1, 0.15) is 17.2 Å². The second-order valence-corrected chi connectivity index (χ2v) is 7.76. The summed E-state index contributed by atoms with van der Waals surface area (Å²) in [5.41, 5.74) is 1.21. The second kappa shape index (κ2) is 9.94. The molecule has 1 aromatic heterocycles. The van der Waals surface area contributed by atoms with E-state index in [-0.39, 0.29) is 18.8 Å². The molecule has 10 heteroatoms. The van der Waals surface area contributed by atoms with Gasteiger partial charge in [0.25, 0.3) is 17.4 Å². The summed E-state index contributed by atoms with van der Waals surface area (Å²) < 4.78 is 17.1. The Bertz CT molecular complexity index is 1130. The molecule has 0 spiro atoms. The first-order chi connectivity index (χ1) is 16.4. The van der Waals surface area contributed by atoms with Crippen molar-refractivity contribution in [3.8, 4) is 28.4 Å². The van der Waals surface area contributed by atoms with Gasteiger partial charge in [-0.25, -0.2) is 0 Å². The Morgan fingerprint density at radius 3 is 2.32 bits per heavy atom. The maximum atomic E-state index is 12.6. The first-order valence-electron chi connectivity index (χ1n) is 10.9. The van der Waals surface area contributed by atoms with Crippen LogP contribution in [0.15, 0.2) is 54.9 Å². The average Bonchev–Trinajstić information content (AvgIpc) is 3.33. The van der Waals surface area contributed by atoms with Crippen molar-refractivity contribution in [1.82, 2.24) is 20.8 Å². The smallest absolute Gasteiger partial charge is 0.277 e. The standard InChI is InChI=1S/C24H26N4O6/c1-3-32-11-10-24(21(29)27-23(31)28-22(24)30)34-18-6-4-17(5-7-18)33-19-8-9-20(15(2)12-19)16-13-25-26-14-16/h4-9,12-14,23,31H,3,10-11H2,1-2H3,(H,25,26)(H,27,29)(H,28,30). The highest BCUT2D eigenvalue weighted by molar-refractivity contribution is 6.10. The van der Waals surface area contributed by atoms with Gasteiger partial charge in [-0.3, -0.25) is 14.7 Å². The normalized spacial score (nSPS) is 19.9. The number of aryl methyl sites for hydroxylation is 1. The van der Waals surface area contributed by atoms with Crippen LogP contribution >= 0.6 is 0 Å². The highest BCUT2D eigenvalue weighted by Gasteiger charge is 2.52. The lowest BCUT2D eigenvalue weighted by Gasteiger charge is -2.37. The number of carbonyl (C=O) groups is 2. The number of aromatic amines is 1. The Morgan fingerprint density at radius 1 is 1.03 bits per heavy atom. The molecule has 3 aromatic rings. The minimum atomic E-state index is -1.86. The van der Waals surface area contributed by atoms with Crippen molar-refractivity contribution < 1.29 is 28.9 Å². The molecule has 178 valence electrons. The summed E-state index contributed by atoms with van der Waals surface area (Å²) in [7, 11) is 0. The van der Waals surface area contributed by atoms with Crippen LogP contribution in [0.4, 0.5) is 0 Å². The quantitative estimate of drug-likeness (QED) is 0.281. The molecule has 4 N–H and O–H groups in total. The van der Waals surface area contributed by atoms with E-state index in [0.29, 0.717) is 18.1 Å². The number of rotatable bonds is 9. The van der Waals surface area contributed by atoms with E-state index in [9.17, 15) is 14.7 Å². The number of nitrogens with one attached hydrogen (secondary N) is 3. The molecule has 1 aliphatic rings. The number of amides is 2. The zero-order valence-corrected chi connectivity index (χ0v) is 18.8. The summed E-state index contributed by atoms with van der Waals surface area (Å²) in [6.07, 6.45) is 2.10. The van der Waals surface area contributed by atoms with E-state index >= 15 is 0 Å². The SMILES string of the molecule is CCOCCC1(Oc2ccc(Oc3ccc(-c4cn[nH]c4)c(C)c3)cc2)C(=O)NC(O)NC1=O. The molecule has 0 unspecified atom stereocenters. The monoisotopic (exact) mass is 466 g/mol. The van der Waals surface area contributed by atoms with E-state index in [4.69, 9.17) is 14.2 Å². The number of aromatic nitrogens is 2. The number of hydrogen-bond acceptors (Lipinski definition) is 7. The molecule has 10 nitrogen and oxygen atoms in total. The summed E-state index contributed by atoms with van der Waals surface area (Å²) in [5.74, 6) is 0.0247. The topological polar surface area (TPSA) is 135 Å². The third kappa shape index (κ3) is 4.87. The fourth-order valence-electron chi connectivity index (χ4n) is 3.69. The second-order valence-electron chi connectivity index (χ2n) is 7.76. The van der Waals surface area contributed by atoms with Crippen molar-refractivity contribution in [2.75, 3.05) is 13.2 Å². The van der Waals surface area contributed by atoms with Gasteiger partial charge < -0.3 is 30.0 Å². The summed E-state index contributed by atoms with van der Waals surface area (Å²) in [4.78, 5) is 25.3. The van der Waals surface area contributed by atoms with E-state index < -0.39 is 23.8 Å². The molecule has 1 saturated heterocycles. The highest BCUT2D eigenvalue weighted by Crippen LogP contribution is 2.31. The van der Waals surface area contributed by atoms with Gasteiger partial charge in [-0.15, -0.1) is 0 Å². The zero-order chi connectivity index (χ0) is 24.1. The molecular weight excluding hydrogens is 440 g/mol. The third-order valence-corrected chi connectivity index (χ3v) is 5.43. The van der Waals surface area contributed by atoms with Crippen LogP contribution in [0.1, 0.15) is 18.9 Å². The molecule has 0 aliphatic carbocycles. The zero-order valence-electron chi connectivity index (χ0n) is 18.8. The van der Waals surface area contributed by atoms with Crippen molar-refractivity contribution in [3.05, 3.63) is 60.4 Å². The van der Waals surface area contributed by atoms with E-state index in [0.717, 1.165) is 16.7 Å². The Balaban J connectivity index is 1.48. The molecule has 2 amide bonds. The number of carbonyl (C=O) groups excluding carboxylic acids is 2. The lowest BCUT2D eigenvalue weighted by Crippen LogP contribution is -2.71. The number of aliphatic hydroxyl groups excluding tert-OH is 1. The number of H-pyrrole nitrogens is 1. The molecular formula is C24H26N4O6. The number of hydrogen-bond donors (Lipinski definition) is 4. The summed E-state index contributed by atoms with van der Waals surface area (Å²) in [5, 5.41) is 21.0. The van der Waals surface area contributed by atoms with Crippen molar-refractivity contribution in [1.29, 1.82) is 0 Å². The van der Waals surface area contributed by atoms with E-state index in [1.807, 2.05) is 38.2 Å². The minimum absolute atomic E-state index is 0.0221. The molecule has 0 radical (unpaired) electrons. The Labute approximate surface area is 196 Å². The molecule has 0 bridgehead atoms. The maximum Gasteiger partial charge on any atom is 0.277 e. The Morgan fingerprint density at radius 2 is 1.71 bits per heavy atom. The number of ether oxygens (including phenoxy) is 3. The number of aliphatic hydroxyl groups is 1. The van der Waals surface area contributed by atoms with Crippen molar-refractivity contribution in [3.63, 3.8) is 0 Å². The maximum absolute atomic E-state index is 12.6. The van der Waals surface area contributed by atoms with Crippen LogP contribution in [-0.2, 0) is 14.3 Å². The molecule has 4 rings (SSSR count). The molecule has 2 heterocycles.